The van der Waals surface area contributed by atoms with E-state index in [0.717, 1.165) is 0 Å². The van der Waals surface area contributed by atoms with E-state index in [1.807, 2.05) is 0 Å². The first kappa shape index (κ1) is 13.7. The quantitative estimate of drug-likeness (QED) is 0.759. The lowest BCUT2D eigenvalue weighted by Crippen LogP contribution is -2.14. The van der Waals surface area contributed by atoms with Crippen molar-refractivity contribution >= 4 is 40.2 Å². The normalized spacial score (nSPS) is 11.0. The molecule has 106 valence electrons. The number of hydrogen-bond donors (Lipinski definition) is 2. The van der Waals surface area contributed by atoms with E-state index in [4.69, 9.17) is 28.3 Å². The van der Waals surface area contributed by atoms with Crippen molar-refractivity contribution in [3.05, 3.63) is 62.5 Å². The number of fused-ring (bicyclic) bond motifs is 1. The Balaban J connectivity index is 2.38. The molecule has 1 heterocycles. The molecule has 0 aliphatic rings. The van der Waals surface area contributed by atoms with Crippen molar-refractivity contribution in [3.8, 4) is 5.69 Å². The van der Waals surface area contributed by atoms with Crippen LogP contribution in [0, 0.1) is 0 Å². The number of nitrogens with one attached hydrogen (secondary N) is 1. The van der Waals surface area contributed by atoms with Gasteiger partial charge in [0.05, 0.1) is 22.3 Å². The summed E-state index contributed by atoms with van der Waals surface area (Å²) in [6, 6.07) is 9.35. The van der Waals surface area contributed by atoms with Crippen LogP contribution in [0.4, 0.5) is 0 Å². The fourth-order valence-corrected chi connectivity index (χ4v) is 2.75. The van der Waals surface area contributed by atoms with Crippen LogP contribution in [0.1, 0.15) is 10.4 Å². The summed E-state index contributed by atoms with van der Waals surface area (Å²) in [6.45, 7) is 0. The molecule has 2 aromatic carbocycles. The highest BCUT2D eigenvalue weighted by molar-refractivity contribution is 6.34. The lowest BCUT2D eigenvalue weighted by atomic mass is 10.2. The van der Waals surface area contributed by atoms with E-state index in [1.165, 1.54) is 10.6 Å². The van der Waals surface area contributed by atoms with E-state index < -0.39 is 11.7 Å². The monoisotopic (exact) mass is 322 g/mol. The van der Waals surface area contributed by atoms with Gasteiger partial charge in [-0.2, -0.15) is 0 Å². The third kappa shape index (κ3) is 2.30. The number of imidazole rings is 1. The van der Waals surface area contributed by atoms with E-state index in [2.05, 4.69) is 4.98 Å². The first-order valence-electron chi connectivity index (χ1n) is 5.91. The molecule has 0 saturated heterocycles. The molecule has 5 nitrogen and oxygen atoms in total. The number of nitrogens with zero attached hydrogens (tertiary/aromatic N) is 1. The molecule has 0 aliphatic heterocycles. The highest BCUT2D eigenvalue weighted by Crippen LogP contribution is 2.24. The zero-order valence-electron chi connectivity index (χ0n) is 10.4. The molecule has 2 N–H and O–H groups in total. The van der Waals surface area contributed by atoms with Crippen molar-refractivity contribution in [1.29, 1.82) is 0 Å². The van der Waals surface area contributed by atoms with Gasteiger partial charge in [-0.05, 0) is 30.3 Å². The maximum absolute atomic E-state index is 12.2. The van der Waals surface area contributed by atoms with Crippen LogP contribution in [-0.4, -0.2) is 20.6 Å². The third-order valence-corrected chi connectivity index (χ3v) is 3.49. The number of halogens is 2. The number of aromatic amines is 1. The van der Waals surface area contributed by atoms with Crippen molar-refractivity contribution in [2.75, 3.05) is 0 Å². The number of hydrogen-bond acceptors (Lipinski definition) is 2. The van der Waals surface area contributed by atoms with Crippen LogP contribution in [0.2, 0.25) is 10.0 Å². The van der Waals surface area contributed by atoms with Gasteiger partial charge in [-0.3, -0.25) is 4.57 Å². The highest BCUT2D eigenvalue weighted by Gasteiger charge is 2.15. The van der Waals surface area contributed by atoms with E-state index in [9.17, 15) is 9.59 Å². The average Bonchev–Trinajstić information content (AvgIpc) is 2.72. The van der Waals surface area contributed by atoms with Crippen LogP contribution in [-0.2, 0) is 0 Å². The smallest absolute Gasteiger partial charge is 0.337 e. The minimum Gasteiger partial charge on any atom is -0.478 e. The molecule has 0 aliphatic carbocycles. The zero-order chi connectivity index (χ0) is 15.1. The fourth-order valence-electron chi connectivity index (χ4n) is 2.23. The Morgan fingerprint density at radius 1 is 1.14 bits per heavy atom. The molecule has 0 fully saturated rings. The predicted octanol–water partition coefficient (Wildman–Crippen LogP) is 3.32. The Morgan fingerprint density at radius 3 is 2.43 bits per heavy atom. The van der Waals surface area contributed by atoms with Crippen LogP contribution in [0.5, 0.6) is 0 Å². The second kappa shape index (κ2) is 4.95. The standard InChI is InChI=1S/C14H8Cl2N2O3/c15-7-4-8(16)6-9(5-7)18-11-3-1-2-10(13(19)20)12(11)17-14(18)21/h1-6H,(H,17,21)(H,19,20). The molecule has 7 heteroatoms. The van der Waals surface area contributed by atoms with Crippen molar-refractivity contribution in [2.24, 2.45) is 0 Å². The summed E-state index contributed by atoms with van der Waals surface area (Å²) < 4.78 is 1.33. The maximum Gasteiger partial charge on any atom is 0.337 e. The van der Waals surface area contributed by atoms with Crippen molar-refractivity contribution in [3.63, 3.8) is 0 Å². The van der Waals surface area contributed by atoms with Gasteiger partial charge in [0.1, 0.15) is 0 Å². The Bertz CT molecular complexity index is 907. The first-order valence-corrected chi connectivity index (χ1v) is 6.66. The van der Waals surface area contributed by atoms with Crippen molar-refractivity contribution in [2.45, 2.75) is 0 Å². The molecule has 0 atom stereocenters. The van der Waals surface area contributed by atoms with Crippen LogP contribution in [0.15, 0.2) is 41.2 Å². The summed E-state index contributed by atoms with van der Waals surface area (Å²) in [4.78, 5) is 25.9. The van der Waals surface area contributed by atoms with Gasteiger partial charge < -0.3 is 10.1 Å². The van der Waals surface area contributed by atoms with E-state index in [0.29, 0.717) is 21.2 Å². The number of H-pyrrole nitrogens is 1. The maximum atomic E-state index is 12.2. The van der Waals surface area contributed by atoms with Gasteiger partial charge in [-0.25, -0.2) is 9.59 Å². The van der Waals surface area contributed by atoms with Gasteiger partial charge in [-0.1, -0.05) is 29.3 Å². The van der Waals surface area contributed by atoms with Crippen LogP contribution >= 0.6 is 23.2 Å². The topological polar surface area (TPSA) is 75.1 Å². The Morgan fingerprint density at radius 2 is 1.81 bits per heavy atom. The molecule has 0 spiro atoms. The molecule has 0 radical (unpaired) electrons. The second-order valence-corrected chi connectivity index (χ2v) is 5.27. The number of aromatic nitrogens is 2. The summed E-state index contributed by atoms with van der Waals surface area (Å²) in [5.74, 6) is -1.11. The van der Waals surface area contributed by atoms with Gasteiger partial charge >= 0.3 is 11.7 Å². The molecule has 0 unspecified atom stereocenters. The Kier molecular flexibility index (Phi) is 3.23. The number of carbonyl (C=O) groups is 1. The summed E-state index contributed by atoms with van der Waals surface area (Å²) in [7, 11) is 0. The average molecular weight is 323 g/mol. The van der Waals surface area contributed by atoms with E-state index >= 15 is 0 Å². The molecule has 0 amide bonds. The zero-order valence-corrected chi connectivity index (χ0v) is 11.9. The van der Waals surface area contributed by atoms with E-state index in [1.54, 1.807) is 30.3 Å². The fraction of sp³-hybridized carbons (Fsp3) is 0. The van der Waals surface area contributed by atoms with Gasteiger partial charge in [0.15, 0.2) is 0 Å². The predicted molar refractivity (Wildman–Crippen MR) is 80.9 cm³/mol. The molecule has 3 rings (SSSR count). The summed E-state index contributed by atoms with van der Waals surface area (Å²) in [6.07, 6.45) is 0. The summed E-state index contributed by atoms with van der Waals surface area (Å²) in [5, 5.41) is 9.93. The molecular weight excluding hydrogens is 315 g/mol. The van der Waals surface area contributed by atoms with Crippen molar-refractivity contribution < 1.29 is 9.90 Å². The second-order valence-electron chi connectivity index (χ2n) is 4.40. The first-order chi connectivity index (χ1) is 9.97. The highest BCUT2D eigenvalue weighted by atomic mass is 35.5. The molecular formula is C14H8Cl2N2O3. The number of carboxylic acids is 1. The minimum absolute atomic E-state index is 0.0245. The number of rotatable bonds is 2. The van der Waals surface area contributed by atoms with Gasteiger partial charge in [-0.15, -0.1) is 0 Å². The van der Waals surface area contributed by atoms with Crippen LogP contribution in [0.25, 0.3) is 16.7 Å². The van der Waals surface area contributed by atoms with Gasteiger partial charge in [0.2, 0.25) is 0 Å². The van der Waals surface area contributed by atoms with Gasteiger partial charge in [0, 0.05) is 10.0 Å². The minimum atomic E-state index is -1.11. The molecule has 3 aromatic rings. The molecule has 0 saturated carbocycles. The molecule has 0 bridgehead atoms. The number of aromatic carboxylic acids is 1. The lowest BCUT2D eigenvalue weighted by Gasteiger charge is -2.05. The molecule has 1 aromatic heterocycles. The molecule has 21 heavy (non-hydrogen) atoms. The SMILES string of the molecule is O=C(O)c1cccc2c1[nH]c(=O)n2-c1cc(Cl)cc(Cl)c1. The Labute approximate surface area is 128 Å². The number of carboxylic acid groups (broad SMARTS) is 1. The van der Waals surface area contributed by atoms with Crippen molar-refractivity contribution in [1.82, 2.24) is 9.55 Å². The Hall–Kier alpha value is -2.24. The van der Waals surface area contributed by atoms with Crippen LogP contribution in [0.3, 0.4) is 0 Å². The number of para-hydroxylation sites is 1. The third-order valence-electron chi connectivity index (χ3n) is 3.05. The van der Waals surface area contributed by atoms with Gasteiger partial charge in [0.25, 0.3) is 0 Å². The largest absolute Gasteiger partial charge is 0.478 e. The van der Waals surface area contributed by atoms with E-state index in [-0.39, 0.29) is 11.1 Å². The lowest BCUT2D eigenvalue weighted by molar-refractivity contribution is 0.0699. The van der Waals surface area contributed by atoms with Crippen LogP contribution < -0.4 is 5.69 Å². The number of benzene rings is 2. The summed E-state index contributed by atoms with van der Waals surface area (Å²) in [5.41, 5.74) is 0.726. The summed E-state index contributed by atoms with van der Waals surface area (Å²) >= 11 is 11.9.